The molecule has 0 aliphatic heterocycles. The molecule has 0 spiro atoms. The van der Waals surface area contributed by atoms with Crippen LogP contribution in [0.1, 0.15) is 27.0 Å². The van der Waals surface area contributed by atoms with E-state index in [1.54, 1.807) is 42.5 Å². The topological polar surface area (TPSA) is 67.8 Å². The van der Waals surface area contributed by atoms with Crippen molar-refractivity contribution in [1.29, 1.82) is 0 Å². The molecule has 5 nitrogen and oxygen atoms in total. The number of nitrogens with one attached hydrogen (secondary N) is 1. The first-order valence-corrected chi connectivity index (χ1v) is 10.5. The molecule has 31 heavy (non-hydrogen) atoms. The van der Waals surface area contributed by atoms with Gasteiger partial charge in [-0.25, -0.2) is 9.18 Å². The van der Waals surface area contributed by atoms with Crippen LogP contribution in [0, 0.1) is 5.82 Å². The van der Waals surface area contributed by atoms with Gasteiger partial charge in [-0.1, -0.05) is 45.7 Å². The minimum Gasteiger partial charge on any atom is -0.493 e. The van der Waals surface area contributed by atoms with E-state index < -0.39 is 11.8 Å². The maximum absolute atomic E-state index is 14.0. The summed E-state index contributed by atoms with van der Waals surface area (Å²) >= 11 is 9.60. The van der Waals surface area contributed by atoms with Crippen LogP contribution in [0.4, 0.5) is 4.39 Å². The van der Waals surface area contributed by atoms with E-state index in [0.717, 1.165) is 15.6 Å². The van der Waals surface area contributed by atoms with Crippen molar-refractivity contribution in [2.45, 2.75) is 19.7 Å². The predicted molar refractivity (Wildman–Crippen MR) is 120 cm³/mol. The lowest BCUT2D eigenvalue weighted by molar-refractivity contribution is 0.0697. The number of carboxylic acid groups (broad SMARTS) is 1. The number of aromatic carboxylic acids is 1. The number of hydrogen-bond acceptors (Lipinski definition) is 4. The van der Waals surface area contributed by atoms with Gasteiger partial charge in [-0.2, -0.15) is 0 Å². The second-order valence-corrected chi connectivity index (χ2v) is 7.95. The van der Waals surface area contributed by atoms with Crippen molar-refractivity contribution in [3.63, 3.8) is 0 Å². The first-order chi connectivity index (χ1) is 14.9. The zero-order chi connectivity index (χ0) is 22.4. The zero-order valence-corrected chi connectivity index (χ0v) is 19.0. The Bertz CT molecular complexity index is 1060. The average molecular weight is 509 g/mol. The molecule has 3 aromatic rings. The fourth-order valence-electron chi connectivity index (χ4n) is 2.91. The first-order valence-electron chi connectivity index (χ1n) is 9.34. The number of ether oxygens (including phenoxy) is 2. The number of methoxy groups -OCH3 is 1. The third kappa shape index (κ3) is 5.97. The highest BCUT2D eigenvalue weighted by molar-refractivity contribution is 9.10. The van der Waals surface area contributed by atoms with E-state index in [-0.39, 0.29) is 17.7 Å². The molecular formula is C23H20BrClFNO4. The van der Waals surface area contributed by atoms with Crippen molar-refractivity contribution >= 4 is 33.5 Å². The summed E-state index contributed by atoms with van der Waals surface area (Å²) in [5, 5.41) is 12.6. The Kier molecular flexibility index (Phi) is 7.90. The molecule has 0 atom stereocenters. The Morgan fingerprint density at radius 2 is 1.87 bits per heavy atom. The van der Waals surface area contributed by atoms with Crippen LogP contribution >= 0.6 is 27.5 Å². The Hall–Kier alpha value is -2.61. The van der Waals surface area contributed by atoms with Gasteiger partial charge < -0.3 is 19.9 Å². The molecule has 162 valence electrons. The van der Waals surface area contributed by atoms with Gasteiger partial charge >= 0.3 is 5.97 Å². The third-order valence-corrected chi connectivity index (χ3v) is 5.70. The predicted octanol–water partition coefficient (Wildman–Crippen LogP) is 5.82. The van der Waals surface area contributed by atoms with E-state index >= 15 is 0 Å². The van der Waals surface area contributed by atoms with E-state index in [1.165, 1.54) is 13.2 Å². The number of carbonyl (C=O) groups is 1. The van der Waals surface area contributed by atoms with E-state index in [2.05, 4.69) is 21.2 Å². The Balaban J connectivity index is 1.65. The van der Waals surface area contributed by atoms with Crippen molar-refractivity contribution in [3.05, 3.63) is 92.2 Å². The highest BCUT2D eigenvalue weighted by Gasteiger charge is 2.13. The number of carboxylic acids is 1. The van der Waals surface area contributed by atoms with E-state index in [0.29, 0.717) is 29.6 Å². The molecule has 0 saturated carbocycles. The van der Waals surface area contributed by atoms with Gasteiger partial charge in [0.2, 0.25) is 0 Å². The van der Waals surface area contributed by atoms with Crippen molar-refractivity contribution in [2.24, 2.45) is 0 Å². The summed E-state index contributed by atoms with van der Waals surface area (Å²) in [5.41, 5.74) is 2.44. The third-order valence-electron chi connectivity index (χ3n) is 4.61. The summed E-state index contributed by atoms with van der Waals surface area (Å²) in [6.07, 6.45) is 0. The monoisotopic (exact) mass is 507 g/mol. The van der Waals surface area contributed by atoms with Crippen LogP contribution in [-0.4, -0.2) is 18.2 Å². The Morgan fingerprint density at radius 1 is 1.13 bits per heavy atom. The van der Waals surface area contributed by atoms with Gasteiger partial charge in [0.15, 0.2) is 11.5 Å². The molecule has 0 unspecified atom stereocenters. The summed E-state index contributed by atoms with van der Waals surface area (Å²) in [4.78, 5) is 10.9. The lowest BCUT2D eigenvalue weighted by atomic mass is 10.1. The van der Waals surface area contributed by atoms with Gasteiger partial charge in [0.1, 0.15) is 12.4 Å². The SMILES string of the molecule is COc1cc(CNCc2ccc(C(=O)O)cc2)c(Br)cc1OCc1c(F)cccc1Cl. The van der Waals surface area contributed by atoms with Gasteiger partial charge in [-0.15, -0.1) is 0 Å². The smallest absolute Gasteiger partial charge is 0.335 e. The molecule has 0 aliphatic carbocycles. The van der Waals surface area contributed by atoms with Gasteiger partial charge in [0.05, 0.1) is 17.7 Å². The molecule has 0 aromatic heterocycles. The summed E-state index contributed by atoms with van der Waals surface area (Å²) in [5.74, 6) is -0.405. The fraction of sp³-hybridized carbons (Fsp3) is 0.174. The van der Waals surface area contributed by atoms with Crippen LogP contribution in [-0.2, 0) is 19.7 Å². The first kappa shape index (κ1) is 23.1. The van der Waals surface area contributed by atoms with Crippen LogP contribution in [0.15, 0.2) is 59.1 Å². The van der Waals surface area contributed by atoms with Crippen LogP contribution < -0.4 is 14.8 Å². The minimum absolute atomic E-state index is 0.0295. The lowest BCUT2D eigenvalue weighted by Crippen LogP contribution is -2.13. The molecule has 0 heterocycles. The molecular weight excluding hydrogens is 489 g/mol. The van der Waals surface area contributed by atoms with Gasteiger partial charge in [-0.05, 0) is 47.5 Å². The minimum atomic E-state index is -0.949. The summed E-state index contributed by atoms with van der Waals surface area (Å²) in [7, 11) is 1.54. The highest BCUT2D eigenvalue weighted by Crippen LogP contribution is 2.34. The van der Waals surface area contributed by atoms with Crippen LogP contribution in [0.5, 0.6) is 11.5 Å². The highest BCUT2D eigenvalue weighted by atomic mass is 79.9. The lowest BCUT2D eigenvalue weighted by Gasteiger charge is -2.15. The second-order valence-electron chi connectivity index (χ2n) is 6.69. The molecule has 3 aromatic carbocycles. The van der Waals surface area contributed by atoms with Crippen molar-refractivity contribution in [2.75, 3.05) is 7.11 Å². The molecule has 0 radical (unpaired) electrons. The number of benzene rings is 3. The summed E-state index contributed by atoms with van der Waals surface area (Å²) in [6, 6.07) is 14.8. The number of hydrogen-bond donors (Lipinski definition) is 2. The van der Waals surface area contributed by atoms with Gasteiger partial charge in [0.25, 0.3) is 0 Å². The maximum Gasteiger partial charge on any atom is 0.335 e. The molecule has 8 heteroatoms. The Labute approximate surface area is 192 Å². The molecule has 3 rings (SSSR count). The quantitative estimate of drug-likeness (QED) is 0.381. The van der Waals surface area contributed by atoms with Crippen LogP contribution in [0.25, 0.3) is 0 Å². The second kappa shape index (κ2) is 10.6. The summed E-state index contributed by atoms with van der Waals surface area (Å²) < 4.78 is 26.0. The van der Waals surface area contributed by atoms with Gasteiger partial charge in [-0.3, -0.25) is 0 Å². The van der Waals surface area contributed by atoms with E-state index in [4.69, 9.17) is 26.2 Å². The van der Waals surface area contributed by atoms with E-state index in [9.17, 15) is 9.18 Å². The molecule has 0 saturated heterocycles. The molecule has 0 fully saturated rings. The normalized spacial score (nSPS) is 10.7. The molecule has 0 bridgehead atoms. The van der Waals surface area contributed by atoms with Crippen LogP contribution in [0.2, 0.25) is 5.02 Å². The largest absolute Gasteiger partial charge is 0.493 e. The standard InChI is InChI=1S/C23H20BrClFNO4/c1-30-21-9-16(12-27-11-14-5-7-15(8-6-14)23(28)29)18(24)10-22(21)31-13-17-19(25)3-2-4-20(17)26/h2-10,27H,11-13H2,1H3,(H,28,29). The molecule has 0 aliphatic rings. The van der Waals surface area contributed by atoms with Gasteiger partial charge in [0, 0.05) is 23.1 Å². The van der Waals surface area contributed by atoms with Crippen molar-refractivity contribution < 1.29 is 23.8 Å². The maximum atomic E-state index is 14.0. The zero-order valence-electron chi connectivity index (χ0n) is 16.6. The number of halogens is 3. The van der Waals surface area contributed by atoms with Crippen LogP contribution in [0.3, 0.4) is 0 Å². The fourth-order valence-corrected chi connectivity index (χ4v) is 3.59. The van der Waals surface area contributed by atoms with Crippen molar-refractivity contribution in [1.82, 2.24) is 5.32 Å². The Morgan fingerprint density at radius 3 is 2.52 bits per heavy atom. The number of rotatable bonds is 9. The van der Waals surface area contributed by atoms with Crippen molar-refractivity contribution in [3.8, 4) is 11.5 Å². The molecule has 2 N–H and O–H groups in total. The molecule has 0 amide bonds. The summed E-state index contributed by atoms with van der Waals surface area (Å²) in [6.45, 7) is 1.08. The average Bonchev–Trinajstić information content (AvgIpc) is 2.75. The van der Waals surface area contributed by atoms with E-state index in [1.807, 2.05) is 6.07 Å².